The fourth-order valence-electron chi connectivity index (χ4n) is 2.39. The SMILES string of the molecule is CC1CCCCS12BCC2. The molecule has 0 aromatic carbocycles. The molecule has 58 valence electrons. The third-order valence-corrected chi connectivity index (χ3v) is 8.61. The summed E-state index contributed by atoms with van der Waals surface area (Å²) in [6.45, 7) is 4.14. The van der Waals surface area contributed by atoms with Crippen LogP contribution in [0.15, 0.2) is 0 Å². The summed E-state index contributed by atoms with van der Waals surface area (Å²) in [6, 6.07) is 0. The molecule has 2 heterocycles. The van der Waals surface area contributed by atoms with Gasteiger partial charge in [-0.05, 0) is 29.6 Å². The van der Waals surface area contributed by atoms with Crippen molar-refractivity contribution in [2.45, 2.75) is 37.8 Å². The van der Waals surface area contributed by atoms with Crippen molar-refractivity contribution in [3.8, 4) is 0 Å². The van der Waals surface area contributed by atoms with Gasteiger partial charge in [0, 0.05) is 0 Å². The van der Waals surface area contributed by atoms with Gasteiger partial charge in [-0.3, -0.25) is 9.88 Å². The second kappa shape index (κ2) is 2.47. The molecule has 0 nitrogen and oxygen atoms in total. The molecule has 2 rings (SSSR count). The maximum absolute atomic E-state index is 2.51. The first-order chi connectivity index (χ1) is 4.83. The number of rotatable bonds is 0. The molecule has 10 heavy (non-hydrogen) atoms. The third-order valence-electron chi connectivity index (χ3n) is 3.37. The minimum atomic E-state index is 0.0237. The topological polar surface area (TPSA) is 0 Å². The molecule has 0 saturated carbocycles. The normalized spacial score (nSPS) is 52.7. The molecular weight excluding hydrogens is 139 g/mol. The monoisotopic (exact) mass is 156 g/mol. The summed E-state index contributed by atoms with van der Waals surface area (Å²) in [4.78, 5) is 0. The Labute approximate surface area is 66.2 Å². The minimum absolute atomic E-state index is 0.0237. The zero-order valence-electron chi connectivity index (χ0n) is 6.94. The summed E-state index contributed by atoms with van der Waals surface area (Å²) < 4.78 is 0. The molecule has 0 N–H and O–H groups in total. The van der Waals surface area contributed by atoms with Crippen molar-refractivity contribution in [1.82, 2.24) is 0 Å². The van der Waals surface area contributed by atoms with Gasteiger partial charge >= 0.3 is 0 Å². The number of hydrogen-bond donors (Lipinski definition) is 0. The Kier molecular flexibility index (Phi) is 1.75. The summed E-state index contributed by atoms with van der Waals surface area (Å²) >= 11 is 0. The van der Waals surface area contributed by atoms with E-state index in [2.05, 4.69) is 6.92 Å². The van der Waals surface area contributed by atoms with Gasteiger partial charge in [0.2, 0.25) is 0 Å². The van der Waals surface area contributed by atoms with Crippen LogP contribution in [-0.2, 0) is 0 Å². The molecule has 0 aromatic heterocycles. The highest BCUT2D eigenvalue weighted by molar-refractivity contribution is 8.54. The molecule has 2 saturated heterocycles. The van der Waals surface area contributed by atoms with Crippen molar-refractivity contribution in [3.05, 3.63) is 0 Å². The molecule has 2 unspecified atom stereocenters. The van der Waals surface area contributed by atoms with E-state index in [0.717, 1.165) is 5.25 Å². The van der Waals surface area contributed by atoms with Crippen LogP contribution in [0.4, 0.5) is 0 Å². The fraction of sp³-hybridized carbons (Fsp3) is 1.00. The van der Waals surface area contributed by atoms with E-state index in [1.165, 1.54) is 6.42 Å². The lowest BCUT2D eigenvalue weighted by Gasteiger charge is -2.55. The van der Waals surface area contributed by atoms with Gasteiger partial charge in [0.1, 0.15) is 0 Å². The Hall–Kier alpha value is 0.415. The van der Waals surface area contributed by atoms with Gasteiger partial charge < -0.3 is 0 Å². The maximum atomic E-state index is 2.51. The van der Waals surface area contributed by atoms with E-state index in [-0.39, 0.29) is 9.88 Å². The lowest BCUT2D eigenvalue weighted by Crippen LogP contribution is -2.37. The molecule has 2 heteroatoms. The predicted octanol–water partition coefficient (Wildman–Crippen LogP) is 2.15. The highest BCUT2D eigenvalue weighted by Crippen LogP contribution is 2.62. The van der Waals surface area contributed by atoms with E-state index in [0.29, 0.717) is 0 Å². The van der Waals surface area contributed by atoms with Crippen molar-refractivity contribution in [1.29, 1.82) is 0 Å². The first-order valence-electron chi connectivity index (χ1n) is 4.59. The molecule has 0 radical (unpaired) electrons. The standard InChI is InChI=1S/C8H17BS/c1-8-4-2-3-6-10(8)7-5-9-10/h8-9H,2-7H2,1H3. The molecule has 0 aromatic rings. The largest absolute Gasteiger partial charge is 0.272 e. The van der Waals surface area contributed by atoms with Gasteiger partial charge in [-0.1, -0.05) is 19.7 Å². The van der Waals surface area contributed by atoms with E-state index < -0.39 is 0 Å². The molecule has 0 aliphatic carbocycles. The highest BCUT2D eigenvalue weighted by Gasteiger charge is 2.38. The molecule has 0 amide bonds. The van der Waals surface area contributed by atoms with Crippen LogP contribution in [0.1, 0.15) is 26.2 Å². The van der Waals surface area contributed by atoms with Crippen LogP contribution in [0.3, 0.4) is 0 Å². The first kappa shape index (κ1) is 7.09. The van der Waals surface area contributed by atoms with Crippen LogP contribution in [0.5, 0.6) is 0 Å². The van der Waals surface area contributed by atoms with Crippen LogP contribution < -0.4 is 0 Å². The summed E-state index contributed by atoms with van der Waals surface area (Å²) in [6.07, 6.45) is 6.19. The van der Waals surface area contributed by atoms with Gasteiger partial charge in [0.05, 0.1) is 0 Å². The molecule has 0 bridgehead atoms. The Morgan fingerprint density at radius 1 is 1.30 bits per heavy atom. The maximum Gasteiger partial charge on any atom is 0.173 e. The average molecular weight is 156 g/mol. The van der Waals surface area contributed by atoms with Crippen LogP contribution in [0.25, 0.3) is 0 Å². The fourth-order valence-corrected chi connectivity index (χ4v) is 6.49. The smallest absolute Gasteiger partial charge is 0.173 e. The van der Waals surface area contributed by atoms with Crippen molar-refractivity contribution in [3.63, 3.8) is 0 Å². The van der Waals surface area contributed by atoms with Gasteiger partial charge in [-0.15, -0.1) is 0 Å². The van der Waals surface area contributed by atoms with Crippen LogP contribution in [-0.4, -0.2) is 23.3 Å². The molecule has 1 spiro atoms. The summed E-state index contributed by atoms with van der Waals surface area (Å²) in [5.74, 6) is 3.27. The zero-order valence-corrected chi connectivity index (χ0v) is 7.75. The average Bonchev–Trinajstić information content (AvgIpc) is 1.85. The van der Waals surface area contributed by atoms with E-state index in [1.54, 1.807) is 37.2 Å². The third kappa shape index (κ3) is 0.921. The van der Waals surface area contributed by atoms with Gasteiger partial charge in [0.25, 0.3) is 0 Å². The molecular formula is C8H17BS. The van der Waals surface area contributed by atoms with Crippen molar-refractivity contribution in [2.24, 2.45) is 0 Å². The molecule has 2 fully saturated rings. The summed E-state index contributed by atoms with van der Waals surface area (Å²) in [5, 5.41) is 1.13. The lowest BCUT2D eigenvalue weighted by molar-refractivity contribution is 0.682. The molecule has 2 aliphatic heterocycles. The Morgan fingerprint density at radius 3 is 2.50 bits per heavy atom. The van der Waals surface area contributed by atoms with Crippen LogP contribution >= 0.6 is 9.88 Å². The minimum Gasteiger partial charge on any atom is -0.272 e. The van der Waals surface area contributed by atoms with E-state index in [9.17, 15) is 0 Å². The second-order valence-electron chi connectivity index (χ2n) is 3.88. The molecule has 2 atom stereocenters. The Bertz CT molecular complexity index is 131. The highest BCUT2D eigenvalue weighted by atomic mass is 32.3. The van der Waals surface area contributed by atoms with E-state index in [1.807, 2.05) is 0 Å². The van der Waals surface area contributed by atoms with Crippen molar-refractivity contribution in [2.75, 3.05) is 11.5 Å². The summed E-state index contributed by atoms with van der Waals surface area (Å²) in [7, 11) is 0.0237. The van der Waals surface area contributed by atoms with E-state index >= 15 is 0 Å². The quantitative estimate of drug-likeness (QED) is 0.471. The van der Waals surface area contributed by atoms with Crippen molar-refractivity contribution < 1.29 is 0 Å². The Balaban J connectivity index is 2.03. The Morgan fingerprint density at radius 2 is 2.10 bits per heavy atom. The summed E-state index contributed by atoms with van der Waals surface area (Å²) in [5.41, 5.74) is 0. The molecule has 2 aliphatic rings. The second-order valence-corrected chi connectivity index (χ2v) is 8.14. The van der Waals surface area contributed by atoms with Crippen LogP contribution in [0, 0.1) is 0 Å². The van der Waals surface area contributed by atoms with Gasteiger partial charge in [0.15, 0.2) is 6.56 Å². The van der Waals surface area contributed by atoms with Crippen LogP contribution in [0.2, 0.25) is 6.32 Å². The first-order valence-corrected chi connectivity index (χ1v) is 6.79. The number of hydrogen-bond acceptors (Lipinski definition) is 0. The van der Waals surface area contributed by atoms with Gasteiger partial charge in [-0.2, -0.15) is 0 Å². The lowest BCUT2D eigenvalue weighted by atomic mass is 10.0. The van der Waals surface area contributed by atoms with E-state index in [4.69, 9.17) is 0 Å². The zero-order chi connectivity index (χ0) is 7.03. The van der Waals surface area contributed by atoms with Gasteiger partial charge in [-0.25, -0.2) is 0 Å². The van der Waals surface area contributed by atoms with Crippen molar-refractivity contribution >= 4 is 16.4 Å². The predicted molar refractivity (Wildman–Crippen MR) is 52.6 cm³/mol.